The van der Waals surface area contributed by atoms with E-state index in [1.54, 1.807) is 49.1 Å². The second-order valence-electron chi connectivity index (χ2n) is 9.63. The molecule has 3 atom stereocenters. The number of likely N-dealkylation sites (tertiary alicyclic amines) is 1. The summed E-state index contributed by atoms with van der Waals surface area (Å²) in [5, 5.41) is 23.2. The topological polar surface area (TPSA) is 218 Å². The van der Waals surface area contributed by atoms with Crippen LogP contribution in [0.3, 0.4) is 0 Å². The van der Waals surface area contributed by atoms with E-state index in [1.165, 1.54) is 6.08 Å². The molecule has 212 valence electrons. The monoisotopic (exact) mass is 544 g/mol. The first kappa shape index (κ1) is 30.8. The van der Waals surface area contributed by atoms with Gasteiger partial charge in [0.25, 0.3) is 0 Å². The van der Waals surface area contributed by atoms with E-state index in [2.05, 4.69) is 15.6 Å². The zero-order chi connectivity index (χ0) is 29.1. The Morgan fingerprint density at radius 1 is 1.08 bits per heavy atom. The molecule has 1 aliphatic rings. The smallest absolute Gasteiger partial charge is 0.326 e. The zero-order valence-corrected chi connectivity index (χ0v) is 22.0. The van der Waals surface area contributed by atoms with Gasteiger partial charge in [0.2, 0.25) is 17.7 Å². The SMILES string of the molecule is CC(C)[C@H](NC(=O)[C@H](CC(=O)O)NC(=O)C[C@H]1CCCCN1C(=O)/C=C/c1ccc(N=C(N)N)cc1)C(=O)O. The average Bonchev–Trinajstić information content (AvgIpc) is 2.85. The van der Waals surface area contributed by atoms with Gasteiger partial charge in [-0.05, 0) is 49.0 Å². The maximum absolute atomic E-state index is 13.0. The fourth-order valence-electron chi connectivity index (χ4n) is 4.19. The normalized spacial score (nSPS) is 16.8. The quantitative estimate of drug-likeness (QED) is 0.123. The van der Waals surface area contributed by atoms with E-state index in [1.807, 2.05) is 0 Å². The van der Waals surface area contributed by atoms with Gasteiger partial charge >= 0.3 is 11.9 Å². The number of carboxylic acids is 2. The lowest BCUT2D eigenvalue weighted by Crippen LogP contribution is -2.54. The highest BCUT2D eigenvalue weighted by Crippen LogP contribution is 2.21. The number of nitrogens with one attached hydrogen (secondary N) is 2. The van der Waals surface area contributed by atoms with Crippen molar-refractivity contribution in [2.75, 3.05) is 6.54 Å². The molecule has 13 heteroatoms. The molecule has 1 fully saturated rings. The van der Waals surface area contributed by atoms with Crippen molar-refractivity contribution in [2.45, 2.75) is 64.1 Å². The number of nitrogens with zero attached hydrogens (tertiary/aromatic N) is 2. The van der Waals surface area contributed by atoms with E-state index in [0.29, 0.717) is 18.7 Å². The predicted octanol–water partition coefficient (Wildman–Crippen LogP) is 0.561. The number of aliphatic carboxylic acids is 2. The Morgan fingerprint density at radius 2 is 1.74 bits per heavy atom. The second-order valence-corrected chi connectivity index (χ2v) is 9.63. The third-order valence-electron chi connectivity index (χ3n) is 6.16. The van der Waals surface area contributed by atoms with Crippen LogP contribution in [0.2, 0.25) is 0 Å². The first-order valence-electron chi connectivity index (χ1n) is 12.6. The van der Waals surface area contributed by atoms with Crippen molar-refractivity contribution in [3.63, 3.8) is 0 Å². The summed E-state index contributed by atoms with van der Waals surface area (Å²) >= 11 is 0. The number of nitrogens with two attached hydrogens (primary N) is 2. The molecule has 1 aromatic rings. The van der Waals surface area contributed by atoms with Crippen molar-refractivity contribution in [3.05, 3.63) is 35.9 Å². The lowest BCUT2D eigenvalue weighted by atomic mass is 9.98. The number of hydrogen-bond donors (Lipinski definition) is 6. The lowest BCUT2D eigenvalue weighted by molar-refractivity contribution is -0.144. The molecule has 3 amide bonds. The van der Waals surface area contributed by atoms with Crippen LogP contribution in [0.1, 0.15) is 51.5 Å². The summed E-state index contributed by atoms with van der Waals surface area (Å²) in [6.07, 6.45) is 4.30. The molecule has 0 spiro atoms. The van der Waals surface area contributed by atoms with Gasteiger partial charge < -0.3 is 37.2 Å². The summed E-state index contributed by atoms with van der Waals surface area (Å²) in [6, 6.07) is 3.72. The van der Waals surface area contributed by atoms with Crippen LogP contribution in [0, 0.1) is 5.92 Å². The molecule has 1 aliphatic heterocycles. The van der Waals surface area contributed by atoms with E-state index in [9.17, 15) is 34.2 Å². The van der Waals surface area contributed by atoms with Gasteiger partial charge in [0.05, 0.1) is 12.1 Å². The van der Waals surface area contributed by atoms with Gasteiger partial charge in [0.1, 0.15) is 12.1 Å². The molecule has 0 bridgehead atoms. The Morgan fingerprint density at radius 3 is 2.31 bits per heavy atom. The van der Waals surface area contributed by atoms with Crippen LogP contribution in [0.25, 0.3) is 6.08 Å². The summed E-state index contributed by atoms with van der Waals surface area (Å²) in [5.74, 6) is -4.94. The van der Waals surface area contributed by atoms with Crippen molar-refractivity contribution in [1.29, 1.82) is 0 Å². The van der Waals surface area contributed by atoms with E-state index in [0.717, 1.165) is 18.4 Å². The Hall–Kier alpha value is -4.42. The maximum Gasteiger partial charge on any atom is 0.326 e. The van der Waals surface area contributed by atoms with E-state index < -0.39 is 54.2 Å². The van der Waals surface area contributed by atoms with Crippen LogP contribution in [0.4, 0.5) is 5.69 Å². The number of piperidine rings is 1. The number of hydrogen-bond acceptors (Lipinski definition) is 6. The molecule has 0 aliphatic carbocycles. The van der Waals surface area contributed by atoms with E-state index >= 15 is 0 Å². The highest BCUT2D eigenvalue weighted by atomic mass is 16.4. The molecule has 0 radical (unpaired) electrons. The Bertz CT molecular complexity index is 1110. The third kappa shape index (κ3) is 10.1. The molecule has 8 N–H and O–H groups in total. The number of carbonyl (C=O) groups excluding carboxylic acids is 3. The fourth-order valence-corrected chi connectivity index (χ4v) is 4.19. The van der Waals surface area contributed by atoms with Crippen LogP contribution in [0.15, 0.2) is 35.3 Å². The average molecular weight is 545 g/mol. The van der Waals surface area contributed by atoms with E-state index in [-0.39, 0.29) is 18.3 Å². The number of guanidine groups is 1. The lowest BCUT2D eigenvalue weighted by Gasteiger charge is -2.35. The molecule has 2 rings (SSSR count). The summed E-state index contributed by atoms with van der Waals surface area (Å²) < 4.78 is 0. The van der Waals surface area contributed by atoms with Crippen LogP contribution in [0.5, 0.6) is 0 Å². The van der Waals surface area contributed by atoms with Gasteiger partial charge in [-0.3, -0.25) is 19.2 Å². The van der Waals surface area contributed by atoms with Crippen LogP contribution < -0.4 is 22.1 Å². The van der Waals surface area contributed by atoms with Crippen molar-refractivity contribution >= 4 is 47.4 Å². The Kier molecular flexibility index (Phi) is 11.5. The second kappa shape index (κ2) is 14.5. The zero-order valence-electron chi connectivity index (χ0n) is 22.0. The van der Waals surface area contributed by atoms with Gasteiger partial charge in [-0.25, -0.2) is 9.79 Å². The first-order chi connectivity index (χ1) is 18.4. The first-order valence-corrected chi connectivity index (χ1v) is 12.6. The minimum absolute atomic E-state index is 0.0661. The number of rotatable bonds is 12. The summed E-state index contributed by atoms with van der Waals surface area (Å²) in [4.78, 5) is 66.7. The number of carboxylic acid groups (broad SMARTS) is 2. The number of carbonyl (C=O) groups is 5. The highest BCUT2D eigenvalue weighted by molar-refractivity contribution is 5.94. The predicted molar refractivity (Wildman–Crippen MR) is 144 cm³/mol. The number of amides is 3. The minimum atomic E-state index is -1.47. The number of aliphatic imine (C=N–C) groups is 1. The van der Waals surface area contributed by atoms with Crippen molar-refractivity contribution in [1.82, 2.24) is 15.5 Å². The molecule has 0 unspecified atom stereocenters. The minimum Gasteiger partial charge on any atom is -0.481 e. The largest absolute Gasteiger partial charge is 0.481 e. The molecular formula is C26H36N6O7. The van der Waals surface area contributed by atoms with Crippen LogP contribution in [-0.2, 0) is 24.0 Å². The standard InChI is InChI=1S/C26H36N6O7/c1-15(2)23(25(38)39)31-24(37)19(14-22(35)36)30-20(33)13-18-5-3-4-12-32(18)21(34)11-8-16-6-9-17(10-7-16)29-26(27)28/h6-11,15,18-19,23H,3-5,12-14H2,1-2H3,(H,30,33)(H,31,37)(H,35,36)(H,38,39)(H4,27,28,29)/b11-8+/t18-,19+,23+/m1/s1. The van der Waals surface area contributed by atoms with Crippen LogP contribution >= 0.6 is 0 Å². The van der Waals surface area contributed by atoms with Gasteiger partial charge in [0, 0.05) is 25.1 Å². The summed E-state index contributed by atoms with van der Waals surface area (Å²) in [7, 11) is 0. The molecule has 0 saturated carbocycles. The maximum atomic E-state index is 13.0. The Labute approximate surface area is 226 Å². The molecule has 0 aromatic heterocycles. The molecule has 1 aromatic carbocycles. The summed E-state index contributed by atoms with van der Waals surface area (Å²) in [6.45, 7) is 3.63. The molecule has 13 nitrogen and oxygen atoms in total. The fraction of sp³-hybridized carbons (Fsp3) is 0.462. The highest BCUT2D eigenvalue weighted by Gasteiger charge is 2.32. The van der Waals surface area contributed by atoms with Crippen molar-refractivity contribution in [3.8, 4) is 0 Å². The molecule has 1 heterocycles. The van der Waals surface area contributed by atoms with Gasteiger partial charge in [0.15, 0.2) is 5.96 Å². The van der Waals surface area contributed by atoms with Crippen LogP contribution in [-0.4, -0.2) is 75.4 Å². The van der Waals surface area contributed by atoms with Gasteiger partial charge in [-0.1, -0.05) is 26.0 Å². The van der Waals surface area contributed by atoms with Gasteiger partial charge in [-0.15, -0.1) is 0 Å². The van der Waals surface area contributed by atoms with E-state index in [4.69, 9.17) is 11.5 Å². The third-order valence-corrected chi connectivity index (χ3v) is 6.16. The summed E-state index contributed by atoms with van der Waals surface area (Å²) in [5.41, 5.74) is 12.0. The Balaban J connectivity index is 2.06. The molecular weight excluding hydrogens is 508 g/mol. The molecule has 39 heavy (non-hydrogen) atoms. The molecule has 1 saturated heterocycles. The van der Waals surface area contributed by atoms with Gasteiger partial charge in [-0.2, -0.15) is 0 Å². The van der Waals surface area contributed by atoms with Crippen molar-refractivity contribution < 1.29 is 34.2 Å². The number of benzene rings is 1. The van der Waals surface area contributed by atoms with Crippen molar-refractivity contribution in [2.24, 2.45) is 22.4 Å².